The molecule has 0 atom stereocenters. The minimum Gasteiger partial charge on any atom is -0.493 e. The van der Waals surface area contributed by atoms with Crippen LogP contribution in [0.2, 0.25) is 0 Å². The van der Waals surface area contributed by atoms with E-state index in [9.17, 15) is 18.0 Å². The maximum absolute atomic E-state index is 12.1. The van der Waals surface area contributed by atoms with Crippen molar-refractivity contribution in [1.29, 1.82) is 0 Å². The van der Waals surface area contributed by atoms with Crippen molar-refractivity contribution in [3.8, 4) is 28.4 Å². The van der Waals surface area contributed by atoms with Crippen molar-refractivity contribution in [3.05, 3.63) is 71.8 Å². The van der Waals surface area contributed by atoms with E-state index in [0.717, 1.165) is 17.4 Å². The van der Waals surface area contributed by atoms with E-state index in [1.165, 1.54) is 7.11 Å². The van der Waals surface area contributed by atoms with Gasteiger partial charge in [-0.25, -0.2) is 13.2 Å². The Balaban J connectivity index is 1.72. The zero-order valence-corrected chi connectivity index (χ0v) is 20.6. The molecule has 0 spiro atoms. The molecule has 1 saturated heterocycles. The largest absolute Gasteiger partial charge is 0.493 e. The molecule has 0 saturated carbocycles. The van der Waals surface area contributed by atoms with E-state index >= 15 is 0 Å². The van der Waals surface area contributed by atoms with Crippen molar-refractivity contribution < 1.29 is 37.3 Å². The third-order valence-corrected chi connectivity index (χ3v) is 6.81. The number of amides is 1. The van der Waals surface area contributed by atoms with Gasteiger partial charge in [-0.2, -0.15) is 0 Å². The quantitative estimate of drug-likeness (QED) is 0.455. The summed E-state index contributed by atoms with van der Waals surface area (Å²) < 4.78 is 40.2. The van der Waals surface area contributed by atoms with Crippen LogP contribution in [0.5, 0.6) is 17.2 Å². The highest BCUT2D eigenvalue weighted by molar-refractivity contribution is 7.90. The second-order valence-electron chi connectivity index (χ2n) is 8.31. The molecule has 4 rings (SSSR count). The molecule has 0 radical (unpaired) electrons. The van der Waals surface area contributed by atoms with Gasteiger partial charge < -0.3 is 24.2 Å². The molecule has 1 fully saturated rings. The number of carbonyl (C=O) groups excluding carboxylic acids is 1. The third kappa shape index (κ3) is 5.77. The van der Waals surface area contributed by atoms with Crippen LogP contribution in [0.25, 0.3) is 11.1 Å². The number of nitrogens with zero attached hydrogens (tertiary/aromatic N) is 1. The van der Waals surface area contributed by atoms with Crippen LogP contribution in [0.15, 0.2) is 65.6 Å². The Labute approximate surface area is 208 Å². The first-order valence-electron chi connectivity index (χ1n) is 11.1. The van der Waals surface area contributed by atoms with Gasteiger partial charge in [0, 0.05) is 11.8 Å². The van der Waals surface area contributed by atoms with Gasteiger partial charge >= 0.3 is 12.1 Å². The van der Waals surface area contributed by atoms with E-state index in [4.69, 9.17) is 19.3 Å². The molecule has 3 aromatic rings. The van der Waals surface area contributed by atoms with Crippen molar-refractivity contribution >= 4 is 21.9 Å². The number of hydrogen-bond acceptors (Lipinski definition) is 7. The lowest BCUT2D eigenvalue weighted by Gasteiger charge is -2.19. The van der Waals surface area contributed by atoms with Crippen molar-refractivity contribution in [2.45, 2.75) is 17.9 Å². The Morgan fingerprint density at radius 3 is 2.31 bits per heavy atom. The number of benzene rings is 3. The number of cyclic esters (lactones) is 1. The third-order valence-electron chi connectivity index (χ3n) is 5.69. The highest BCUT2D eigenvalue weighted by Gasteiger charge is 2.24. The van der Waals surface area contributed by atoms with Crippen molar-refractivity contribution in [3.63, 3.8) is 0 Å². The molecule has 36 heavy (non-hydrogen) atoms. The van der Waals surface area contributed by atoms with Crippen LogP contribution in [0.1, 0.15) is 11.1 Å². The molecule has 188 valence electrons. The summed E-state index contributed by atoms with van der Waals surface area (Å²) in [7, 11) is -1.83. The number of carbonyl (C=O) groups is 2. The first-order valence-corrected chi connectivity index (χ1v) is 12.9. The Bertz CT molecular complexity index is 1400. The lowest BCUT2D eigenvalue weighted by molar-refractivity contribution is -0.136. The van der Waals surface area contributed by atoms with Crippen molar-refractivity contribution in [2.75, 3.05) is 26.5 Å². The van der Waals surface area contributed by atoms with Crippen LogP contribution in [0.4, 0.5) is 4.79 Å². The molecule has 0 aliphatic carbocycles. The number of hydrogen-bond donors (Lipinski definition) is 1. The van der Waals surface area contributed by atoms with Gasteiger partial charge in [-0.05, 0) is 53.1 Å². The van der Waals surface area contributed by atoms with Gasteiger partial charge in [0.2, 0.25) is 0 Å². The highest BCUT2D eigenvalue weighted by atomic mass is 32.2. The van der Waals surface area contributed by atoms with Gasteiger partial charge in [-0.15, -0.1) is 0 Å². The summed E-state index contributed by atoms with van der Waals surface area (Å²) in [6, 6.07) is 16.9. The molecular formula is C26H25NO8S. The van der Waals surface area contributed by atoms with Crippen LogP contribution >= 0.6 is 0 Å². The van der Waals surface area contributed by atoms with E-state index in [1.54, 1.807) is 53.4 Å². The fourth-order valence-electron chi connectivity index (χ4n) is 3.86. The minimum atomic E-state index is -3.32. The Hall–Kier alpha value is -4.05. The molecule has 0 aromatic heterocycles. The second kappa shape index (κ2) is 10.3. The smallest absolute Gasteiger partial charge is 0.410 e. The normalized spacial score (nSPS) is 13.4. The maximum Gasteiger partial charge on any atom is 0.410 e. The van der Waals surface area contributed by atoms with Gasteiger partial charge in [0.25, 0.3) is 0 Å². The average Bonchev–Trinajstić information content (AvgIpc) is 3.23. The summed E-state index contributed by atoms with van der Waals surface area (Å²) in [6.07, 6.45) is 0.556. The Morgan fingerprint density at radius 1 is 1.00 bits per heavy atom. The lowest BCUT2D eigenvalue weighted by Crippen LogP contribution is -2.23. The predicted molar refractivity (Wildman–Crippen MR) is 131 cm³/mol. The standard InChI is InChI=1S/C26H25NO8S/c1-33-23-9-3-17(14-25(28)29)13-24(23)35-22-10-6-19(15-20(22)16-27-11-12-34-26(27)30)18-4-7-21(8-5-18)36(2,31)32/h3-10,13,15H,11-12,14,16H2,1-2H3,(H,28,29). The van der Waals surface area contributed by atoms with Gasteiger partial charge in [-0.3, -0.25) is 4.79 Å². The van der Waals surface area contributed by atoms with Crippen molar-refractivity contribution in [1.82, 2.24) is 4.90 Å². The van der Waals surface area contributed by atoms with Crippen LogP contribution < -0.4 is 9.47 Å². The molecule has 0 bridgehead atoms. The molecule has 1 aliphatic rings. The van der Waals surface area contributed by atoms with Gasteiger partial charge in [0.15, 0.2) is 21.3 Å². The number of sulfone groups is 1. The SMILES string of the molecule is COc1ccc(CC(=O)O)cc1Oc1ccc(-c2ccc(S(C)(=O)=O)cc2)cc1CN1CCOC1=O. The first-order chi connectivity index (χ1) is 17.1. The van der Waals surface area contributed by atoms with Gasteiger partial charge in [-0.1, -0.05) is 24.3 Å². The van der Waals surface area contributed by atoms with E-state index in [2.05, 4.69) is 0 Å². The van der Waals surface area contributed by atoms with Gasteiger partial charge in [0.05, 0.1) is 31.5 Å². The van der Waals surface area contributed by atoms with E-state index in [1.807, 2.05) is 12.1 Å². The van der Waals surface area contributed by atoms with Crippen LogP contribution in [-0.4, -0.2) is 57.0 Å². The summed E-state index contributed by atoms with van der Waals surface area (Å²) in [6.45, 7) is 0.955. The van der Waals surface area contributed by atoms with E-state index in [0.29, 0.717) is 41.5 Å². The second-order valence-corrected chi connectivity index (χ2v) is 10.3. The minimum absolute atomic E-state index is 0.171. The van der Waals surface area contributed by atoms with E-state index < -0.39 is 21.9 Å². The summed E-state index contributed by atoms with van der Waals surface area (Å²) in [5.74, 6) is 0.255. The fraction of sp³-hybridized carbons (Fsp3) is 0.231. The monoisotopic (exact) mass is 511 g/mol. The molecule has 1 aliphatic heterocycles. The summed E-state index contributed by atoms with van der Waals surface area (Å²) in [5, 5.41) is 9.15. The molecule has 1 heterocycles. The fourth-order valence-corrected chi connectivity index (χ4v) is 4.49. The number of rotatable bonds is 9. The molecule has 1 N–H and O–H groups in total. The zero-order valence-electron chi connectivity index (χ0n) is 19.8. The summed E-state index contributed by atoms with van der Waals surface area (Å²) in [5.41, 5.74) is 2.83. The van der Waals surface area contributed by atoms with Gasteiger partial charge in [0.1, 0.15) is 12.4 Å². The molecule has 0 unspecified atom stereocenters. The van der Waals surface area contributed by atoms with Crippen LogP contribution in [0.3, 0.4) is 0 Å². The topological polar surface area (TPSA) is 119 Å². The highest BCUT2D eigenvalue weighted by Crippen LogP contribution is 2.36. The Kier molecular flexibility index (Phi) is 7.16. The number of aliphatic carboxylic acids is 1. The van der Waals surface area contributed by atoms with Crippen LogP contribution in [-0.2, 0) is 32.3 Å². The maximum atomic E-state index is 12.1. The van der Waals surface area contributed by atoms with Crippen LogP contribution in [0, 0.1) is 0 Å². The number of ether oxygens (including phenoxy) is 3. The predicted octanol–water partition coefficient (Wildman–Crippen LogP) is 4.14. The van der Waals surface area contributed by atoms with Crippen molar-refractivity contribution in [2.24, 2.45) is 0 Å². The number of methoxy groups -OCH3 is 1. The summed E-state index contributed by atoms with van der Waals surface area (Å²) in [4.78, 5) is 25.1. The lowest BCUT2D eigenvalue weighted by atomic mass is 10.0. The molecule has 1 amide bonds. The number of carboxylic acids is 1. The summed E-state index contributed by atoms with van der Waals surface area (Å²) >= 11 is 0. The Morgan fingerprint density at radius 2 is 1.69 bits per heavy atom. The first kappa shape index (κ1) is 25.1. The molecular weight excluding hydrogens is 486 g/mol. The average molecular weight is 512 g/mol. The zero-order chi connectivity index (χ0) is 25.9. The molecule has 9 nitrogen and oxygen atoms in total. The van der Waals surface area contributed by atoms with E-state index in [-0.39, 0.29) is 17.9 Å². The number of carboxylic acid groups (broad SMARTS) is 1. The molecule has 10 heteroatoms. The molecule has 3 aromatic carbocycles.